The average Bonchev–Trinajstić information content (AvgIpc) is 2.69. The van der Waals surface area contributed by atoms with E-state index in [1.165, 1.54) is 0 Å². The minimum absolute atomic E-state index is 0.0243. The summed E-state index contributed by atoms with van der Waals surface area (Å²) in [6.07, 6.45) is 1.59. The number of carbonyl (C=O) groups is 2. The van der Waals surface area contributed by atoms with Crippen molar-refractivity contribution in [3.63, 3.8) is 0 Å². The van der Waals surface area contributed by atoms with Gasteiger partial charge in [0, 0.05) is 31.9 Å². The van der Waals surface area contributed by atoms with E-state index in [4.69, 9.17) is 0 Å². The van der Waals surface area contributed by atoms with Crippen molar-refractivity contribution in [2.75, 3.05) is 37.7 Å². The number of carbonyl (C=O) groups excluding carboxylic acids is 1. The van der Waals surface area contributed by atoms with Crippen molar-refractivity contribution < 1.29 is 14.7 Å². The first-order valence-electron chi connectivity index (χ1n) is 7.32. The van der Waals surface area contributed by atoms with Gasteiger partial charge in [0.1, 0.15) is 0 Å². The number of aliphatic carboxylic acids is 1. The Hall–Kier alpha value is -0.910. The molecule has 2 rings (SSSR count). The Morgan fingerprint density at radius 1 is 1.15 bits per heavy atom. The van der Waals surface area contributed by atoms with E-state index in [1.54, 1.807) is 4.90 Å². The summed E-state index contributed by atoms with van der Waals surface area (Å²) in [5.74, 6) is 1.36. The van der Waals surface area contributed by atoms with Crippen LogP contribution in [-0.2, 0) is 4.79 Å². The van der Waals surface area contributed by atoms with E-state index in [2.05, 4.69) is 0 Å². The molecule has 2 fully saturated rings. The lowest BCUT2D eigenvalue weighted by Gasteiger charge is -2.31. The van der Waals surface area contributed by atoms with Gasteiger partial charge in [-0.15, -0.1) is 0 Å². The first kappa shape index (κ1) is 15.5. The zero-order valence-corrected chi connectivity index (χ0v) is 13.1. The standard InChI is InChI=1S/C14H24N2O3S/c1-11(2)14(12(17)18)4-6-16(10-14)13(19)15-5-3-8-20-9-7-15/h11H,3-10H2,1-2H3,(H,17,18). The molecular weight excluding hydrogens is 276 g/mol. The second kappa shape index (κ2) is 6.24. The number of carboxylic acids is 1. The molecule has 20 heavy (non-hydrogen) atoms. The third-order valence-corrected chi connectivity index (χ3v) is 5.64. The number of hydrogen-bond acceptors (Lipinski definition) is 3. The highest BCUT2D eigenvalue weighted by Crippen LogP contribution is 2.38. The summed E-state index contributed by atoms with van der Waals surface area (Å²) < 4.78 is 0. The number of amides is 2. The lowest BCUT2D eigenvalue weighted by Crippen LogP contribution is -2.46. The minimum atomic E-state index is -0.769. The largest absolute Gasteiger partial charge is 0.481 e. The van der Waals surface area contributed by atoms with Crippen molar-refractivity contribution >= 4 is 23.8 Å². The Kier molecular flexibility index (Phi) is 4.83. The Bertz CT molecular complexity index is 381. The van der Waals surface area contributed by atoms with Gasteiger partial charge in [0.15, 0.2) is 0 Å². The number of rotatable bonds is 2. The smallest absolute Gasteiger partial charge is 0.320 e. The van der Waals surface area contributed by atoms with E-state index in [1.807, 2.05) is 30.5 Å². The van der Waals surface area contributed by atoms with Crippen LogP contribution in [0.5, 0.6) is 0 Å². The molecule has 0 aromatic rings. The van der Waals surface area contributed by atoms with Crippen LogP contribution in [0.25, 0.3) is 0 Å². The maximum atomic E-state index is 12.5. The summed E-state index contributed by atoms with van der Waals surface area (Å²) in [4.78, 5) is 27.8. The normalized spacial score (nSPS) is 27.8. The predicted octanol–water partition coefficient (Wildman–Crippen LogP) is 1.98. The third-order valence-electron chi connectivity index (χ3n) is 4.60. The van der Waals surface area contributed by atoms with E-state index in [0.717, 1.165) is 31.0 Å². The van der Waals surface area contributed by atoms with Crippen LogP contribution in [0.1, 0.15) is 26.7 Å². The molecule has 0 saturated carbocycles. The van der Waals surface area contributed by atoms with Crippen LogP contribution in [0.4, 0.5) is 4.79 Å². The Balaban J connectivity index is 2.04. The van der Waals surface area contributed by atoms with Crippen molar-refractivity contribution in [3.05, 3.63) is 0 Å². The van der Waals surface area contributed by atoms with Crippen LogP contribution in [0.2, 0.25) is 0 Å². The SMILES string of the molecule is CC(C)C1(C(=O)O)CCN(C(=O)N2CCCSCC2)C1. The van der Waals surface area contributed by atoms with E-state index < -0.39 is 11.4 Å². The van der Waals surface area contributed by atoms with Gasteiger partial charge in [-0.05, 0) is 24.5 Å². The summed E-state index contributed by atoms with van der Waals surface area (Å²) in [7, 11) is 0. The average molecular weight is 300 g/mol. The maximum Gasteiger partial charge on any atom is 0.320 e. The van der Waals surface area contributed by atoms with Crippen molar-refractivity contribution in [1.82, 2.24) is 9.80 Å². The van der Waals surface area contributed by atoms with E-state index >= 15 is 0 Å². The predicted molar refractivity (Wildman–Crippen MR) is 80.0 cm³/mol. The minimum Gasteiger partial charge on any atom is -0.481 e. The quantitative estimate of drug-likeness (QED) is 0.847. The molecule has 2 saturated heterocycles. The molecule has 2 heterocycles. The second-order valence-electron chi connectivity index (χ2n) is 6.02. The molecule has 2 amide bonds. The van der Waals surface area contributed by atoms with Crippen LogP contribution in [0.15, 0.2) is 0 Å². The molecule has 2 aliphatic heterocycles. The van der Waals surface area contributed by atoms with Crippen molar-refractivity contribution in [2.24, 2.45) is 11.3 Å². The molecule has 0 radical (unpaired) electrons. The summed E-state index contributed by atoms with van der Waals surface area (Å²) in [6.45, 7) is 6.36. The molecule has 0 spiro atoms. The molecule has 114 valence electrons. The van der Waals surface area contributed by atoms with Crippen LogP contribution in [0.3, 0.4) is 0 Å². The molecule has 6 heteroatoms. The fraction of sp³-hybridized carbons (Fsp3) is 0.857. The molecule has 0 aromatic carbocycles. The van der Waals surface area contributed by atoms with Crippen LogP contribution >= 0.6 is 11.8 Å². The maximum absolute atomic E-state index is 12.5. The lowest BCUT2D eigenvalue weighted by atomic mass is 9.76. The van der Waals surface area contributed by atoms with Crippen LogP contribution in [0, 0.1) is 11.3 Å². The van der Waals surface area contributed by atoms with Gasteiger partial charge in [-0.25, -0.2) is 4.79 Å². The molecule has 5 nitrogen and oxygen atoms in total. The molecule has 1 N–H and O–H groups in total. The van der Waals surface area contributed by atoms with Gasteiger partial charge in [-0.2, -0.15) is 11.8 Å². The molecule has 1 atom stereocenters. The van der Waals surface area contributed by atoms with Crippen molar-refractivity contribution in [1.29, 1.82) is 0 Å². The van der Waals surface area contributed by atoms with E-state index in [-0.39, 0.29) is 11.9 Å². The lowest BCUT2D eigenvalue weighted by molar-refractivity contribution is -0.150. The number of carboxylic acid groups (broad SMARTS) is 1. The number of urea groups is 1. The van der Waals surface area contributed by atoms with Gasteiger partial charge in [0.05, 0.1) is 5.41 Å². The van der Waals surface area contributed by atoms with Crippen LogP contribution < -0.4 is 0 Å². The zero-order valence-electron chi connectivity index (χ0n) is 12.3. The number of thioether (sulfide) groups is 1. The highest BCUT2D eigenvalue weighted by Gasteiger charge is 2.49. The second-order valence-corrected chi connectivity index (χ2v) is 7.25. The topological polar surface area (TPSA) is 60.9 Å². The summed E-state index contributed by atoms with van der Waals surface area (Å²) >= 11 is 1.88. The van der Waals surface area contributed by atoms with Gasteiger partial charge in [0.25, 0.3) is 0 Å². The highest BCUT2D eigenvalue weighted by atomic mass is 32.2. The van der Waals surface area contributed by atoms with Gasteiger partial charge in [0.2, 0.25) is 0 Å². The summed E-state index contributed by atoms with van der Waals surface area (Å²) in [6, 6.07) is 0.0243. The van der Waals surface area contributed by atoms with Crippen molar-refractivity contribution in [3.8, 4) is 0 Å². The summed E-state index contributed by atoms with van der Waals surface area (Å²) in [5, 5.41) is 9.53. The van der Waals surface area contributed by atoms with E-state index in [0.29, 0.717) is 19.5 Å². The highest BCUT2D eigenvalue weighted by molar-refractivity contribution is 7.99. The first-order chi connectivity index (χ1) is 9.47. The van der Waals surface area contributed by atoms with Crippen LogP contribution in [-0.4, -0.2) is 64.6 Å². The molecule has 0 bridgehead atoms. The Morgan fingerprint density at radius 3 is 2.50 bits per heavy atom. The number of nitrogens with zero attached hydrogens (tertiary/aromatic N) is 2. The Morgan fingerprint density at radius 2 is 1.90 bits per heavy atom. The van der Waals surface area contributed by atoms with E-state index in [9.17, 15) is 14.7 Å². The number of likely N-dealkylation sites (tertiary alicyclic amines) is 1. The third kappa shape index (κ3) is 2.90. The fourth-order valence-corrected chi connectivity index (χ4v) is 3.91. The molecular formula is C14H24N2O3S. The molecule has 0 aliphatic carbocycles. The fourth-order valence-electron chi connectivity index (χ4n) is 3.03. The van der Waals surface area contributed by atoms with Gasteiger partial charge in [-0.1, -0.05) is 13.8 Å². The molecule has 0 aromatic heterocycles. The molecule has 1 unspecified atom stereocenters. The van der Waals surface area contributed by atoms with Crippen molar-refractivity contribution in [2.45, 2.75) is 26.7 Å². The Labute approximate surface area is 124 Å². The monoisotopic (exact) mass is 300 g/mol. The van der Waals surface area contributed by atoms with Gasteiger partial charge < -0.3 is 14.9 Å². The van der Waals surface area contributed by atoms with Gasteiger partial charge in [-0.3, -0.25) is 4.79 Å². The molecule has 2 aliphatic rings. The number of hydrogen-bond donors (Lipinski definition) is 1. The first-order valence-corrected chi connectivity index (χ1v) is 8.48. The zero-order chi connectivity index (χ0) is 14.8. The summed E-state index contributed by atoms with van der Waals surface area (Å²) in [5.41, 5.74) is -0.768. The van der Waals surface area contributed by atoms with Gasteiger partial charge >= 0.3 is 12.0 Å².